The van der Waals surface area contributed by atoms with Crippen molar-refractivity contribution in [2.24, 2.45) is 0 Å². The van der Waals surface area contributed by atoms with E-state index in [2.05, 4.69) is 57.9 Å². The highest BCUT2D eigenvalue weighted by atomic mass is 31.2. The van der Waals surface area contributed by atoms with Gasteiger partial charge in [0.05, 0.1) is 51.6 Å². The van der Waals surface area contributed by atoms with Crippen LogP contribution in [0.4, 0.5) is 10.2 Å². The van der Waals surface area contributed by atoms with Gasteiger partial charge in [0.2, 0.25) is 0 Å². The predicted octanol–water partition coefficient (Wildman–Crippen LogP) is 6.95. The smallest absolute Gasteiger partial charge is 0.414 e. The Morgan fingerprint density at radius 2 is 1.74 bits per heavy atom. The summed E-state index contributed by atoms with van der Waals surface area (Å²) in [5, 5.41) is 12.0. The number of nitrogens with one attached hydrogen (secondary N) is 2. The lowest BCUT2D eigenvalue weighted by Crippen LogP contribution is -2.65. The summed E-state index contributed by atoms with van der Waals surface area (Å²) in [4.78, 5) is 56.1. The maximum Gasteiger partial charge on any atom is 0.695 e. The number of nitriles is 1. The largest absolute Gasteiger partial charge is 0.695 e. The molecule has 0 saturated carbocycles. The zero-order chi connectivity index (χ0) is 52.2. The van der Waals surface area contributed by atoms with Crippen molar-refractivity contribution in [3.05, 3.63) is 77.2 Å². The Balaban J connectivity index is 1.08. The molecule has 4 aromatic heterocycles. The molecule has 0 radical (unpaired) electrons. The van der Waals surface area contributed by atoms with Crippen molar-refractivity contribution in [3.63, 3.8) is 0 Å². The van der Waals surface area contributed by atoms with Crippen molar-refractivity contribution in [2.75, 3.05) is 31.7 Å². The van der Waals surface area contributed by atoms with Gasteiger partial charge in [0.1, 0.15) is 36.1 Å². The van der Waals surface area contributed by atoms with Gasteiger partial charge in [-0.2, -0.15) is 5.26 Å². The Labute approximate surface area is 421 Å². The fourth-order valence-corrected chi connectivity index (χ4v) is 23.3. The number of ether oxygens (including phenoxy) is 3. The number of fused-ring (bicyclic) bond motifs is 5. The van der Waals surface area contributed by atoms with Crippen LogP contribution in [0.25, 0.3) is 22.2 Å². The van der Waals surface area contributed by atoms with Crippen LogP contribution < -0.4 is 10.9 Å². The SMILES string of the molecule is CC(C)[Si]1(C(C)C)OC[C@H]2O[C@@H](n3cc(F)c4c(=O)[nH]cnc43)[C@H](OP(=O)(OCCC#N)OC[C@@]34CO[C@@H]([C@H](n5cnc6c(NC(=O)c7ccccc7)ncnc65)O3)[C@@H]4O[P+](=O)O)[C@@H]2O[Si](C(C)C)(C(C)C)O1. The highest BCUT2D eigenvalue weighted by Gasteiger charge is 2.68. The van der Waals surface area contributed by atoms with Gasteiger partial charge >= 0.3 is 33.2 Å². The number of carbonyl (C=O) groups is 1. The second-order valence-corrected chi connectivity index (χ2v) is 30.6. The van der Waals surface area contributed by atoms with Crippen LogP contribution in [0.15, 0.2) is 60.3 Å². The minimum atomic E-state index is -5.04. The third-order valence-electron chi connectivity index (χ3n) is 13.7. The number of carbonyl (C=O) groups excluding carboxylic acids is 1. The van der Waals surface area contributed by atoms with Gasteiger partial charge in [-0.1, -0.05) is 73.6 Å². The number of anilines is 1. The van der Waals surface area contributed by atoms with Crippen LogP contribution in [0.2, 0.25) is 22.2 Å². The summed E-state index contributed by atoms with van der Waals surface area (Å²) in [6.45, 7) is 14.6. The standard InChI is InChI=1S/C44H56FN9O15P2Si2/c1-24(2)72(25(3)4)63-18-30-33(68-73(69-72,26(5)6)27(7)8)34(42(64-30)53-17-29(45)31-38(53)48-22-50-41(31)56)67-71(59,61-16-12-15-46)62-20-44-19-60-35(36(44)66-70(57)58)43(65-44)54-23-51-32-37(47-21-49-39(32)54)52-40(55)28-13-10-9-11-14-28/h9-11,13-14,17,21-27,30,33-36,42-43H,12,16,18-20H2,1-8H3,(H2-,47,48,49,50,52,55,56,57,58)/p+1/t30-,33-,34-,35-,36+,42-,43-,44-,71?/m1/s1. The van der Waals surface area contributed by atoms with E-state index >= 15 is 8.96 Å². The average molecular weight is 1090 g/mol. The Morgan fingerprint density at radius 1 is 1.01 bits per heavy atom. The molecule has 2 bridgehead atoms. The number of halogens is 1. The van der Waals surface area contributed by atoms with E-state index in [4.69, 9.17) is 45.3 Å². The third-order valence-corrected chi connectivity index (χ3v) is 25.8. The van der Waals surface area contributed by atoms with Crippen LogP contribution >= 0.6 is 16.1 Å². The van der Waals surface area contributed by atoms with E-state index in [9.17, 15) is 24.3 Å². The molecule has 8 heterocycles. The number of nitrogens with zero attached hydrogens (tertiary/aromatic N) is 7. The maximum absolute atomic E-state index is 15.9. The first-order valence-corrected chi connectivity index (χ1v) is 30.3. The van der Waals surface area contributed by atoms with Gasteiger partial charge in [-0.05, 0) is 34.3 Å². The Morgan fingerprint density at radius 3 is 2.42 bits per heavy atom. The van der Waals surface area contributed by atoms with E-state index in [1.54, 1.807) is 30.3 Å². The zero-order valence-corrected chi connectivity index (χ0v) is 44.9. The van der Waals surface area contributed by atoms with Crippen LogP contribution in [0, 0.1) is 17.1 Å². The Bertz CT molecular complexity index is 3000. The molecule has 3 N–H and O–H groups in total. The number of aromatic amines is 1. The first-order chi connectivity index (χ1) is 34.8. The van der Waals surface area contributed by atoms with Gasteiger partial charge < -0.3 is 42.0 Å². The van der Waals surface area contributed by atoms with Crippen LogP contribution in [0.1, 0.15) is 84.6 Å². The first-order valence-electron chi connectivity index (χ1n) is 23.8. The Kier molecular flexibility index (Phi) is 15.2. The molecule has 9 rings (SSSR count). The molecule has 392 valence electrons. The highest BCUT2D eigenvalue weighted by Crippen LogP contribution is 2.59. The van der Waals surface area contributed by atoms with Crippen molar-refractivity contribution in [1.82, 2.24) is 34.1 Å². The lowest BCUT2D eigenvalue weighted by Gasteiger charge is -2.51. The number of rotatable bonds is 18. The van der Waals surface area contributed by atoms with Crippen LogP contribution in [0.3, 0.4) is 0 Å². The topological polar surface area (TPSA) is 294 Å². The second kappa shape index (κ2) is 20.8. The minimum absolute atomic E-state index is 0.0413. The molecule has 4 saturated heterocycles. The molecule has 29 heteroatoms. The maximum atomic E-state index is 15.9. The minimum Gasteiger partial charge on any atom is -0.414 e. The zero-order valence-electron chi connectivity index (χ0n) is 41.1. The molecule has 1 aromatic carbocycles. The molecule has 4 fully saturated rings. The van der Waals surface area contributed by atoms with Gasteiger partial charge in [0, 0.05) is 16.3 Å². The summed E-state index contributed by atoms with van der Waals surface area (Å²) in [6, 6.07) is 10.4. The summed E-state index contributed by atoms with van der Waals surface area (Å²) in [6.07, 6.45) is -4.34. The molecule has 0 aliphatic carbocycles. The molecule has 4 aliphatic rings. The number of H-pyrrole nitrogens is 1. The monoisotopic (exact) mass is 1090 g/mol. The number of hydrogen-bond acceptors (Lipinski definition) is 19. The van der Waals surface area contributed by atoms with E-state index < -0.39 is 112 Å². The van der Waals surface area contributed by atoms with Gasteiger partial charge in [0.15, 0.2) is 52.6 Å². The number of phosphoric acid groups is 1. The van der Waals surface area contributed by atoms with Crippen molar-refractivity contribution in [1.29, 1.82) is 5.26 Å². The number of aromatic nitrogens is 7. The van der Waals surface area contributed by atoms with E-state index in [0.717, 1.165) is 12.5 Å². The molecule has 73 heavy (non-hydrogen) atoms. The summed E-state index contributed by atoms with van der Waals surface area (Å²) in [7, 11) is -15.0. The molecular formula is C44H57FN9O15P2Si2+. The van der Waals surface area contributed by atoms with E-state index in [0.29, 0.717) is 5.56 Å². The van der Waals surface area contributed by atoms with Crippen LogP contribution in [0.5, 0.6) is 0 Å². The molecule has 4 aliphatic heterocycles. The first kappa shape index (κ1) is 53.2. The van der Waals surface area contributed by atoms with Crippen molar-refractivity contribution < 1.29 is 68.5 Å². The average Bonchev–Trinajstić information content (AvgIpc) is 4.15. The molecule has 1 amide bonds. The number of benzene rings is 1. The van der Waals surface area contributed by atoms with Crippen LogP contribution in [-0.2, 0) is 54.4 Å². The van der Waals surface area contributed by atoms with Crippen molar-refractivity contribution in [2.45, 2.75) is 133 Å². The molecule has 24 nitrogen and oxygen atoms in total. The van der Waals surface area contributed by atoms with Gasteiger partial charge in [-0.3, -0.25) is 27.7 Å². The Hall–Kier alpha value is -4.60. The number of phosphoric ester groups is 1. The lowest BCUT2D eigenvalue weighted by molar-refractivity contribution is -0.184. The normalized spacial score (nSPS) is 27.6. The summed E-state index contributed by atoms with van der Waals surface area (Å²) < 4.78 is 112. The fraction of sp³-hybridized carbons (Fsp3) is 0.568. The predicted molar refractivity (Wildman–Crippen MR) is 260 cm³/mol. The van der Waals surface area contributed by atoms with Gasteiger partial charge in [-0.25, -0.2) is 28.9 Å². The van der Waals surface area contributed by atoms with E-state index in [-0.39, 0.29) is 69.8 Å². The second-order valence-electron chi connectivity index (χ2n) is 19.4. The summed E-state index contributed by atoms with van der Waals surface area (Å²) in [5.41, 5.74) is -2.45. The summed E-state index contributed by atoms with van der Waals surface area (Å²) >= 11 is 0. The summed E-state index contributed by atoms with van der Waals surface area (Å²) in [5.74, 6) is -1.30. The molecule has 2 unspecified atom stereocenters. The molecule has 0 spiro atoms. The third kappa shape index (κ3) is 9.70. The van der Waals surface area contributed by atoms with Crippen molar-refractivity contribution >= 4 is 67.1 Å². The molecule has 10 atom stereocenters. The number of imidazole rings is 1. The number of hydrogen-bond donors (Lipinski definition) is 3. The van der Waals surface area contributed by atoms with Gasteiger partial charge in [-0.15, -0.1) is 9.42 Å². The fourth-order valence-electron chi connectivity index (χ4n) is 10.2. The lowest BCUT2D eigenvalue weighted by atomic mass is 10.0. The van der Waals surface area contributed by atoms with E-state index in [1.165, 1.54) is 21.8 Å². The number of amides is 1. The molecular weight excluding hydrogens is 1030 g/mol. The molecule has 5 aromatic rings. The van der Waals surface area contributed by atoms with Crippen molar-refractivity contribution in [3.8, 4) is 6.07 Å². The van der Waals surface area contributed by atoms with Gasteiger partial charge in [0.25, 0.3) is 11.5 Å². The highest BCUT2D eigenvalue weighted by molar-refractivity contribution is 7.48. The van der Waals surface area contributed by atoms with E-state index in [1.807, 2.05) is 33.8 Å². The quantitative estimate of drug-likeness (QED) is 0.0454. The van der Waals surface area contributed by atoms with Crippen LogP contribution in [-0.4, -0.2) is 125 Å².